The van der Waals surface area contributed by atoms with E-state index in [1.54, 1.807) is 7.11 Å². The molecule has 0 aliphatic heterocycles. The molecular formula is C16H28N2O. The highest BCUT2D eigenvalue weighted by Gasteiger charge is 2.20. The quantitative estimate of drug-likeness (QED) is 0.859. The van der Waals surface area contributed by atoms with Crippen LogP contribution in [0.2, 0.25) is 0 Å². The molecule has 0 fully saturated rings. The van der Waals surface area contributed by atoms with E-state index in [9.17, 15) is 0 Å². The SMILES string of the molecule is COc1ccc(C(N)CCC(C)N)cc1C(C)(C)C. The zero-order chi connectivity index (χ0) is 14.6. The Morgan fingerprint density at radius 1 is 1.16 bits per heavy atom. The summed E-state index contributed by atoms with van der Waals surface area (Å²) >= 11 is 0. The second-order valence-corrected chi connectivity index (χ2v) is 6.37. The average molecular weight is 264 g/mol. The molecule has 0 aliphatic rings. The van der Waals surface area contributed by atoms with Gasteiger partial charge in [-0.05, 0) is 42.4 Å². The Bertz CT molecular complexity index is 408. The van der Waals surface area contributed by atoms with Crippen LogP contribution >= 0.6 is 0 Å². The van der Waals surface area contributed by atoms with E-state index >= 15 is 0 Å². The van der Waals surface area contributed by atoms with Crippen molar-refractivity contribution < 1.29 is 4.74 Å². The van der Waals surface area contributed by atoms with Gasteiger partial charge in [0.2, 0.25) is 0 Å². The van der Waals surface area contributed by atoms with Crippen molar-refractivity contribution in [2.45, 2.75) is 58.0 Å². The van der Waals surface area contributed by atoms with E-state index < -0.39 is 0 Å². The van der Waals surface area contributed by atoms with Crippen molar-refractivity contribution >= 4 is 0 Å². The molecule has 0 saturated carbocycles. The van der Waals surface area contributed by atoms with Gasteiger partial charge in [-0.15, -0.1) is 0 Å². The first-order valence-corrected chi connectivity index (χ1v) is 6.95. The summed E-state index contributed by atoms with van der Waals surface area (Å²) in [7, 11) is 1.71. The lowest BCUT2D eigenvalue weighted by Gasteiger charge is -2.24. The number of hydrogen-bond donors (Lipinski definition) is 2. The van der Waals surface area contributed by atoms with Gasteiger partial charge < -0.3 is 16.2 Å². The van der Waals surface area contributed by atoms with Crippen LogP contribution in [-0.2, 0) is 5.41 Å². The van der Waals surface area contributed by atoms with Crippen LogP contribution in [-0.4, -0.2) is 13.2 Å². The fraction of sp³-hybridized carbons (Fsp3) is 0.625. The summed E-state index contributed by atoms with van der Waals surface area (Å²) in [6.07, 6.45) is 1.85. The summed E-state index contributed by atoms with van der Waals surface area (Å²) in [4.78, 5) is 0. The number of hydrogen-bond acceptors (Lipinski definition) is 3. The first kappa shape index (κ1) is 16.0. The largest absolute Gasteiger partial charge is 0.496 e. The molecule has 4 N–H and O–H groups in total. The molecule has 2 unspecified atom stereocenters. The molecule has 0 aromatic heterocycles. The van der Waals surface area contributed by atoms with Crippen molar-refractivity contribution in [1.29, 1.82) is 0 Å². The zero-order valence-corrected chi connectivity index (χ0v) is 12.9. The van der Waals surface area contributed by atoms with Gasteiger partial charge in [0, 0.05) is 12.1 Å². The smallest absolute Gasteiger partial charge is 0.122 e. The van der Waals surface area contributed by atoms with Crippen molar-refractivity contribution in [1.82, 2.24) is 0 Å². The predicted octanol–water partition coefficient (Wildman–Crippen LogP) is 3.12. The fourth-order valence-electron chi connectivity index (χ4n) is 2.15. The molecule has 0 amide bonds. The minimum absolute atomic E-state index is 0.0398. The van der Waals surface area contributed by atoms with Gasteiger partial charge in [-0.3, -0.25) is 0 Å². The summed E-state index contributed by atoms with van der Waals surface area (Å²) in [6, 6.07) is 6.48. The minimum atomic E-state index is 0.0398. The van der Waals surface area contributed by atoms with E-state index in [-0.39, 0.29) is 17.5 Å². The van der Waals surface area contributed by atoms with Crippen molar-refractivity contribution in [3.8, 4) is 5.75 Å². The Balaban J connectivity index is 2.98. The Labute approximate surface area is 117 Å². The molecule has 1 rings (SSSR count). The van der Waals surface area contributed by atoms with Crippen LogP contribution in [0.15, 0.2) is 18.2 Å². The predicted molar refractivity (Wildman–Crippen MR) is 81.5 cm³/mol. The highest BCUT2D eigenvalue weighted by atomic mass is 16.5. The topological polar surface area (TPSA) is 61.3 Å². The van der Waals surface area contributed by atoms with Crippen LogP contribution in [0.25, 0.3) is 0 Å². The number of ether oxygens (including phenoxy) is 1. The lowest BCUT2D eigenvalue weighted by molar-refractivity contribution is 0.397. The van der Waals surface area contributed by atoms with E-state index in [0.717, 1.165) is 24.2 Å². The van der Waals surface area contributed by atoms with Crippen LogP contribution in [0.3, 0.4) is 0 Å². The van der Waals surface area contributed by atoms with Gasteiger partial charge in [-0.25, -0.2) is 0 Å². The Hall–Kier alpha value is -1.06. The number of benzene rings is 1. The van der Waals surface area contributed by atoms with Crippen LogP contribution < -0.4 is 16.2 Å². The zero-order valence-electron chi connectivity index (χ0n) is 12.9. The van der Waals surface area contributed by atoms with Crippen molar-refractivity contribution in [3.63, 3.8) is 0 Å². The first-order valence-electron chi connectivity index (χ1n) is 6.95. The van der Waals surface area contributed by atoms with E-state index in [4.69, 9.17) is 16.2 Å². The Morgan fingerprint density at radius 3 is 2.26 bits per heavy atom. The van der Waals surface area contributed by atoms with Gasteiger partial charge in [0.1, 0.15) is 5.75 Å². The van der Waals surface area contributed by atoms with E-state index in [2.05, 4.69) is 32.9 Å². The lowest BCUT2D eigenvalue weighted by Crippen LogP contribution is -2.20. The molecule has 3 heteroatoms. The average Bonchev–Trinajstić information content (AvgIpc) is 2.34. The molecule has 19 heavy (non-hydrogen) atoms. The van der Waals surface area contributed by atoms with E-state index in [0.29, 0.717) is 0 Å². The molecule has 1 aromatic rings. The van der Waals surface area contributed by atoms with Gasteiger partial charge >= 0.3 is 0 Å². The molecule has 108 valence electrons. The third-order valence-electron chi connectivity index (χ3n) is 3.39. The first-order chi connectivity index (χ1) is 8.75. The third-order valence-corrected chi connectivity index (χ3v) is 3.39. The molecule has 3 nitrogen and oxygen atoms in total. The molecule has 0 saturated heterocycles. The van der Waals surface area contributed by atoms with Crippen molar-refractivity contribution in [2.75, 3.05) is 7.11 Å². The molecule has 0 bridgehead atoms. The van der Waals surface area contributed by atoms with Gasteiger partial charge in [-0.1, -0.05) is 32.9 Å². The highest BCUT2D eigenvalue weighted by Crippen LogP contribution is 2.33. The molecule has 0 radical (unpaired) electrons. The Kier molecular flexibility index (Phi) is 5.39. The lowest BCUT2D eigenvalue weighted by atomic mass is 9.84. The summed E-state index contributed by atoms with van der Waals surface area (Å²) < 4.78 is 5.44. The standard InChI is InChI=1S/C16H28N2O/c1-11(17)6-8-14(18)12-7-9-15(19-5)13(10-12)16(2,3)4/h7,9-11,14H,6,8,17-18H2,1-5H3. The number of nitrogens with two attached hydrogens (primary N) is 2. The van der Waals surface area contributed by atoms with Crippen LogP contribution in [0.1, 0.15) is 57.7 Å². The maximum absolute atomic E-state index is 6.25. The van der Waals surface area contributed by atoms with Crippen LogP contribution in [0.5, 0.6) is 5.75 Å². The molecule has 0 spiro atoms. The van der Waals surface area contributed by atoms with Crippen molar-refractivity contribution in [3.05, 3.63) is 29.3 Å². The summed E-state index contributed by atoms with van der Waals surface area (Å²) in [5, 5.41) is 0. The molecular weight excluding hydrogens is 236 g/mol. The van der Waals surface area contributed by atoms with Gasteiger partial charge in [0.25, 0.3) is 0 Å². The molecule has 0 heterocycles. The monoisotopic (exact) mass is 264 g/mol. The maximum Gasteiger partial charge on any atom is 0.122 e. The fourth-order valence-corrected chi connectivity index (χ4v) is 2.15. The summed E-state index contributed by atoms with van der Waals surface area (Å²) in [5.41, 5.74) is 14.4. The minimum Gasteiger partial charge on any atom is -0.496 e. The number of rotatable bonds is 5. The summed E-state index contributed by atoms with van der Waals surface area (Å²) in [6.45, 7) is 8.56. The normalized spacial score (nSPS) is 15.1. The van der Waals surface area contributed by atoms with E-state index in [1.165, 1.54) is 5.56 Å². The van der Waals surface area contributed by atoms with Gasteiger partial charge in [0.15, 0.2) is 0 Å². The molecule has 2 atom stereocenters. The highest BCUT2D eigenvalue weighted by molar-refractivity contribution is 5.42. The second-order valence-electron chi connectivity index (χ2n) is 6.37. The van der Waals surface area contributed by atoms with Crippen LogP contribution in [0.4, 0.5) is 0 Å². The van der Waals surface area contributed by atoms with Gasteiger partial charge in [-0.2, -0.15) is 0 Å². The second kappa shape index (κ2) is 6.40. The third kappa shape index (κ3) is 4.51. The van der Waals surface area contributed by atoms with Crippen LogP contribution in [0, 0.1) is 0 Å². The molecule has 0 aliphatic carbocycles. The molecule has 1 aromatic carbocycles. The van der Waals surface area contributed by atoms with Crippen molar-refractivity contribution in [2.24, 2.45) is 11.5 Å². The maximum atomic E-state index is 6.25. The summed E-state index contributed by atoms with van der Waals surface area (Å²) in [5.74, 6) is 0.927. The van der Waals surface area contributed by atoms with E-state index in [1.807, 2.05) is 13.0 Å². The van der Waals surface area contributed by atoms with Gasteiger partial charge in [0.05, 0.1) is 7.11 Å². The number of methoxy groups -OCH3 is 1. The Morgan fingerprint density at radius 2 is 1.79 bits per heavy atom.